The van der Waals surface area contributed by atoms with Gasteiger partial charge in [0.2, 0.25) is 10.0 Å². The lowest BCUT2D eigenvalue weighted by molar-refractivity contribution is 0.171. The highest BCUT2D eigenvalue weighted by Gasteiger charge is 2.20. The molecule has 1 rings (SSSR count). The molecule has 0 saturated carbocycles. The molecule has 0 unspecified atom stereocenters. The summed E-state index contributed by atoms with van der Waals surface area (Å²) < 4.78 is 35.0. The van der Waals surface area contributed by atoms with Gasteiger partial charge in [-0.1, -0.05) is 12.1 Å². The molecule has 0 spiro atoms. The Kier molecular flexibility index (Phi) is 6.29. The van der Waals surface area contributed by atoms with Crippen molar-refractivity contribution in [1.29, 1.82) is 0 Å². The monoisotopic (exact) mass is 316 g/mol. The fourth-order valence-corrected chi connectivity index (χ4v) is 2.67. The van der Waals surface area contributed by atoms with Crippen LogP contribution in [0.3, 0.4) is 0 Å². The maximum Gasteiger partial charge on any atom is 0.406 e. The minimum atomic E-state index is -3.50. The van der Waals surface area contributed by atoms with E-state index in [1.54, 1.807) is 24.3 Å². The number of sulfonamides is 1. The van der Waals surface area contributed by atoms with Gasteiger partial charge in [-0.15, -0.1) is 0 Å². The van der Waals surface area contributed by atoms with Gasteiger partial charge in [-0.05, 0) is 19.1 Å². The summed E-state index contributed by atoms with van der Waals surface area (Å²) in [7, 11) is -2.26. The van der Waals surface area contributed by atoms with Gasteiger partial charge >= 0.3 is 6.09 Å². The molecule has 0 bridgehead atoms. The van der Waals surface area contributed by atoms with Crippen molar-refractivity contribution in [3.8, 4) is 5.75 Å². The maximum absolute atomic E-state index is 12.0. The number of ether oxygens (including phenoxy) is 2. The van der Waals surface area contributed by atoms with E-state index in [2.05, 4.69) is 10.1 Å². The normalized spacial score (nSPS) is 10.8. The molecule has 1 amide bonds. The van der Waals surface area contributed by atoms with Gasteiger partial charge in [-0.3, -0.25) is 4.31 Å². The van der Waals surface area contributed by atoms with E-state index in [1.807, 2.05) is 6.92 Å². The maximum atomic E-state index is 12.0. The third-order valence-electron chi connectivity index (χ3n) is 2.60. The van der Waals surface area contributed by atoms with Gasteiger partial charge < -0.3 is 14.8 Å². The van der Waals surface area contributed by atoms with Gasteiger partial charge in [0.15, 0.2) is 0 Å². The lowest BCUT2D eigenvalue weighted by atomic mass is 10.3. The summed E-state index contributed by atoms with van der Waals surface area (Å²) in [6, 6.07) is 6.85. The van der Waals surface area contributed by atoms with E-state index < -0.39 is 16.1 Å². The van der Waals surface area contributed by atoms with E-state index in [1.165, 1.54) is 11.4 Å². The summed E-state index contributed by atoms with van der Waals surface area (Å²) in [5, 5.41) is 2.45. The number of amides is 1. The van der Waals surface area contributed by atoms with Crippen LogP contribution in [0, 0.1) is 0 Å². The Morgan fingerprint density at radius 1 is 1.33 bits per heavy atom. The zero-order valence-electron chi connectivity index (χ0n) is 12.3. The Balaban J connectivity index is 2.96. The number of rotatable bonds is 7. The van der Waals surface area contributed by atoms with Crippen LogP contribution >= 0.6 is 0 Å². The van der Waals surface area contributed by atoms with Crippen molar-refractivity contribution in [2.75, 3.05) is 37.4 Å². The lowest BCUT2D eigenvalue weighted by Gasteiger charge is -2.24. The van der Waals surface area contributed by atoms with Crippen molar-refractivity contribution in [3.63, 3.8) is 0 Å². The molecular formula is C13H20N2O5S. The highest BCUT2D eigenvalue weighted by Crippen LogP contribution is 2.29. The quantitative estimate of drug-likeness (QED) is 0.817. The summed E-state index contributed by atoms with van der Waals surface area (Å²) in [4.78, 5) is 11.0. The van der Waals surface area contributed by atoms with Gasteiger partial charge in [0, 0.05) is 6.54 Å². The van der Waals surface area contributed by atoms with Gasteiger partial charge in [-0.25, -0.2) is 13.2 Å². The Hall–Kier alpha value is -1.96. The van der Waals surface area contributed by atoms with Gasteiger partial charge in [0.25, 0.3) is 0 Å². The van der Waals surface area contributed by atoms with E-state index in [0.29, 0.717) is 18.0 Å². The number of hydrogen-bond acceptors (Lipinski definition) is 5. The van der Waals surface area contributed by atoms with Crippen molar-refractivity contribution in [2.45, 2.75) is 6.92 Å². The molecule has 8 heteroatoms. The smallest absolute Gasteiger partial charge is 0.406 e. The number of benzene rings is 1. The van der Waals surface area contributed by atoms with Gasteiger partial charge in [0.05, 0.1) is 32.2 Å². The first-order valence-electron chi connectivity index (χ1n) is 6.41. The fraction of sp³-hybridized carbons (Fsp3) is 0.462. The first-order chi connectivity index (χ1) is 9.90. The predicted molar refractivity (Wildman–Crippen MR) is 80.2 cm³/mol. The van der Waals surface area contributed by atoms with Crippen LogP contribution in [0.1, 0.15) is 6.92 Å². The second kappa shape index (κ2) is 7.72. The van der Waals surface area contributed by atoms with E-state index in [9.17, 15) is 13.2 Å². The Bertz CT molecular complexity index is 574. The average Bonchev–Trinajstić information content (AvgIpc) is 2.43. The van der Waals surface area contributed by atoms with E-state index >= 15 is 0 Å². The summed E-state index contributed by atoms with van der Waals surface area (Å²) in [6.45, 7) is 2.45. The molecule has 0 radical (unpaired) electrons. The minimum Gasteiger partial charge on any atom is -0.492 e. The van der Waals surface area contributed by atoms with Crippen LogP contribution in [0.15, 0.2) is 24.3 Å². The minimum absolute atomic E-state index is 0.0814. The zero-order chi connectivity index (χ0) is 15.9. The Labute approximate surface area is 124 Å². The van der Waals surface area contributed by atoms with Crippen LogP contribution < -0.4 is 14.4 Å². The number of para-hydroxylation sites is 2. The van der Waals surface area contributed by atoms with Gasteiger partial charge in [0.1, 0.15) is 5.75 Å². The fourth-order valence-electron chi connectivity index (χ4n) is 1.74. The van der Waals surface area contributed by atoms with E-state index in [-0.39, 0.29) is 13.1 Å². The Morgan fingerprint density at radius 2 is 2.00 bits per heavy atom. The SMILES string of the molecule is CCOc1ccccc1N(CCNC(=O)OC)S(C)(=O)=O. The van der Waals surface area contributed by atoms with Gasteiger partial charge in [-0.2, -0.15) is 0 Å². The van der Waals surface area contributed by atoms with Crippen molar-refractivity contribution in [1.82, 2.24) is 5.32 Å². The van der Waals surface area contributed by atoms with Crippen molar-refractivity contribution < 1.29 is 22.7 Å². The first-order valence-corrected chi connectivity index (χ1v) is 8.26. The van der Waals surface area contributed by atoms with Crippen molar-refractivity contribution in [3.05, 3.63) is 24.3 Å². The highest BCUT2D eigenvalue weighted by molar-refractivity contribution is 7.92. The summed E-state index contributed by atoms with van der Waals surface area (Å²) >= 11 is 0. The predicted octanol–water partition coefficient (Wildman–Crippen LogP) is 1.21. The number of carbonyl (C=O) groups is 1. The molecule has 7 nitrogen and oxygen atoms in total. The number of methoxy groups -OCH3 is 1. The van der Waals surface area contributed by atoms with Crippen LogP contribution in [-0.2, 0) is 14.8 Å². The lowest BCUT2D eigenvalue weighted by Crippen LogP contribution is -2.38. The molecule has 0 aliphatic heterocycles. The molecule has 1 aromatic rings. The molecule has 0 atom stereocenters. The van der Waals surface area contributed by atoms with Crippen molar-refractivity contribution in [2.24, 2.45) is 0 Å². The topological polar surface area (TPSA) is 84.9 Å². The molecule has 1 N–H and O–H groups in total. The van der Waals surface area contributed by atoms with Crippen LogP contribution in [0.2, 0.25) is 0 Å². The molecule has 118 valence electrons. The zero-order valence-corrected chi connectivity index (χ0v) is 13.1. The van der Waals surface area contributed by atoms with Crippen LogP contribution in [-0.4, -0.2) is 47.6 Å². The number of hydrogen-bond donors (Lipinski definition) is 1. The number of carbonyl (C=O) groups excluding carboxylic acids is 1. The summed E-state index contributed by atoms with van der Waals surface area (Å²) in [6.07, 6.45) is 0.495. The second-order valence-electron chi connectivity index (χ2n) is 4.15. The standard InChI is InChI=1S/C13H20N2O5S/c1-4-20-12-8-6-5-7-11(12)15(21(3,17)18)10-9-14-13(16)19-2/h5-8H,4,9-10H2,1-3H3,(H,14,16). The largest absolute Gasteiger partial charge is 0.492 e. The van der Waals surface area contributed by atoms with Crippen LogP contribution in [0.5, 0.6) is 5.75 Å². The first kappa shape index (κ1) is 17.1. The molecule has 0 aliphatic rings. The molecule has 0 aliphatic carbocycles. The molecule has 0 heterocycles. The molecular weight excluding hydrogens is 296 g/mol. The summed E-state index contributed by atoms with van der Waals surface area (Å²) in [5.74, 6) is 0.475. The molecule has 0 aromatic heterocycles. The van der Waals surface area contributed by atoms with Crippen LogP contribution in [0.4, 0.5) is 10.5 Å². The number of nitrogens with one attached hydrogen (secondary N) is 1. The number of alkyl carbamates (subject to hydrolysis) is 1. The van der Waals surface area contributed by atoms with Crippen LogP contribution in [0.25, 0.3) is 0 Å². The molecule has 1 aromatic carbocycles. The van der Waals surface area contributed by atoms with E-state index in [0.717, 1.165) is 6.26 Å². The highest BCUT2D eigenvalue weighted by atomic mass is 32.2. The molecule has 21 heavy (non-hydrogen) atoms. The number of nitrogens with zero attached hydrogens (tertiary/aromatic N) is 1. The number of anilines is 1. The van der Waals surface area contributed by atoms with E-state index in [4.69, 9.17) is 4.74 Å². The molecule has 0 saturated heterocycles. The average molecular weight is 316 g/mol. The second-order valence-corrected chi connectivity index (χ2v) is 6.06. The third-order valence-corrected chi connectivity index (χ3v) is 3.78. The Morgan fingerprint density at radius 3 is 2.57 bits per heavy atom. The summed E-state index contributed by atoms with van der Waals surface area (Å²) in [5.41, 5.74) is 0.438. The van der Waals surface area contributed by atoms with Crippen molar-refractivity contribution >= 4 is 21.8 Å². The third kappa shape index (κ3) is 5.14. The molecule has 0 fully saturated rings.